The second-order valence-corrected chi connectivity index (χ2v) is 4.92. The van der Waals surface area contributed by atoms with E-state index in [0.29, 0.717) is 18.7 Å². The van der Waals surface area contributed by atoms with Crippen LogP contribution in [0.4, 0.5) is 0 Å². The van der Waals surface area contributed by atoms with Gasteiger partial charge in [-0.05, 0) is 24.3 Å². The molecule has 0 saturated carbocycles. The van der Waals surface area contributed by atoms with Crippen molar-refractivity contribution in [2.75, 3.05) is 20.3 Å². The first-order valence-corrected chi connectivity index (χ1v) is 7.09. The lowest BCUT2D eigenvalue weighted by Gasteiger charge is -2.06. The van der Waals surface area contributed by atoms with Crippen molar-refractivity contribution in [2.24, 2.45) is 0 Å². The highest BCUT2D eigenvalue weighted by atomic mass is 16.5. The third-order valence-electron chi connectivity index (χ3n) is 3.49. The maximum absolute atomic E-state index is 12.0. The van der Waals surface area contributed by atoms with E-state index in [1.165, 1.54) is 0 Å². The first kappa shape index (κ1) is 14.3. The summed E-state index contributed by atoms with van der Waals surface area (Å²) in [4.78, 5) is 19.6. The fourth-order valence-electron chi connectivity index (χ4n) is 2.36. The second-order valence-electron chi connectivity index (χ2n) is 4.92. The molecule has 112 valence electrons. The normalized spacial score (nSPS) is 10.8. The van der Waals surface area contributed by atoms with Crippen LogP contribution < -0.4 is 5.32 Å². The van der Waals surface area contributed by atoms with Gasteiger partial charge in [0, 0.05) is 48.1 Å². The predicted molar refractivity (Wildman–Crippen MR) is 85.7 cm³/mol. The summed E-state index contributed by atoms with van der Waals surface area (Å²) in [7, 11) is 1.61. The molecule has 0 aliphatic rings. The van der Waals surface area contributed by atoms with Crippen LogP contribution in [0.15, 0.2) is 48.8 Å². The molecule has 1 amide bonds. The quantitative estimate of drug-likeness (QED) is 0.711. The van der Waals surface area contributed by atoms with Crippen molar-refractivity contribution < 1.29 is 9.53 Å². The number of H-pyrrole nitrogens is 1. The molecule has 22 heavy (non-hydrogen) atoms. The van der Waals surface area contributed by atoms with E-state index in [9.17, 15) is 4.79 Å². The van der Waals surface area contributed by atoms with Crippen LogP contribution in [0.1, 0.15) is 10.4 Å². The molecule has 0 spiro atoms. The Kier molecular flexibility index (Phi) is 4.16. The standard InChI is InChI=1S/C17H17N3O2/c1-22-11-10-20-17(21)13-4-2-12(3-5-13)16-14-6-8-18-15(14)7-9-19-16/h2-9,18H,10-11H2,1H3,(H,20,21). The van der Waals surface area contributed by atoms with E-state index in [2.05, 4.69) is 15.3 Å². The number of aromatic amines is 1. The molecular formula is C17H17N3O2. The first-order valence-electron chi connectivity index (χ1n) is 7.09. The molecular weight excluding hydrogens is 278 g/mol. The zero-order valence-electron chi connectivity index (χ0n) is 12.3. The highest BCUT2D eigenvalue weighted by Gasteiger charge is 2.08. The highest BCUT2D eigenvalue weighted by molar-refractivity contribution is 5.96. The number of hydrogen-bond donors (Lipinski definition) is 2. The molecule has 5 nitrogen and oxygen atoms in total. The zero-order chi connectivity index (χ0) is 15.4. The first-order chi connectivity index (χ1) is 10.8. The van der Waals surface area contributed by atoms with Crippen molar-refractivity contribution in [1.29, 1.82) is 0 Å². The number of nitrogens with one attached hydrogen (secondary N) is 2. The van der Waals surface area contributed by atoms with Crippen LogP contribution in [-0.2, 0) is 4.74 Å². The molecule has 2 heterocycles. The largest absolute Gasteiger partial charge is 0.383 e. The Morgan fingerprint density at radius 2 is 2.05 bits per heavy atom. The van der Waals surface area contributed by atoms with Crippen LogP contribution in [-0.4, -0.2) is 36.1 Å². The summed E-state index contributed by atoms with van der Waals surface area (Å²) in [5.74, 6) is -0.101. The van der Waals surface area contributed by atoms with E-state index in [0.717, 1.165) is 22.2 Å². The molecule has 3 rings (SSSR count). The van der Waals surface area contributed by atoms with Gasteiger partial charge in [-0.3, -0.25) is 9.78 Å². The third kappa shape index (κ3) is 2.84. The van der Waals surface area contributed by atoms with Gasteiger partial charge in [0.15, 0.2) is 0 Å². The Morgan fingerprint density at radius 3 is 2.82 bits per heavy atom. The molecule has 0 radical (unpaired) electrons. The van der Waals surface area contributed by atoms with E-state index in [1.807, 2.05) is 42.6 Å². The fourth-order valence-corrected chi connectivity index (χ4v) is 2.36. The molecule has 0 fully saturated rings. The number of carbonyl (C=O) groups is 1. The number of hydrogen-bond acceptors (Lipinski definition) is 3. The van der Waals surface area contributed by atoms with E-state index in [1.54, 1.807) is 13.3 Å². The Bertz CT molecular complexity index is 778. The van der Waals surface area contributed by atoms with Gasteiger partial charge in [0.25, 0.3) is 5.91 Å². The van der Waals surface area contributed by atoms with Crippen molar-refractivity contribution in [3.05, 3.63) is 54.4 Å². The van der Waals surface area contributed by atoms with Gasteiger partial charge in [0.2, 0.25) is 0 Å². The number of nitrogens with zero attached hydrogens (tertiary/aromatic N) is 1. The van der Waals surface area contributed by atoms with Crippen LogP contribution in [0, 0.1) is 0 Å². The van der Waals surface area contributed by atoms with Crippen LogP contribution in [0.5, 0.6) is 0 Å². The fraction of sp³-hybridized carbons (Fsp3) is 0.176. The van der Waals surface area contributed by atoms with Gasteiger partial charge < -0.3 is 15.0 Å². The molecule has 0 aliphatic carbocycles. The molecule has 0 bridgehead atoms. The lowest BCUT2D eigenvalue weighted by atomic mass is 10.1. The SMILES string of the molecule is COCCNC(=O)c1ccc(-c2nccc3[nH]ccc23)cc1. The molecule has 0 unspecified atom stereocenters. The third-order valence-corrected chi connectivity index (χ3v) is 3.49. The minimum atomic E-state index is -0.101. The van der Waals surface area contributed by atoms with Gasteiger partial charge in [-0.25, -0.2) is 0 Å². The average Bonchev–Trinajstić information content (AvgIpc) is 3.04. The predicted octanol–water partition coefficient (Wildman–Crippen LogP) is 2.61. The topological polar surface area (TPSA) is 67.0 Å². The van der Waals surface area contributed by atoms with Crippen LogP contribution >= 0.6 is 0 Å². The second kappa shape index (κ2) is 6.41. The molecule has 0 aliphatic heterocycles. The minimum absolute atomic E-state index is 0.101. The number of ether oxygens (including phenoxy) is 1. The van der Waals surface area contributed by atoms with Crippen LogP contribution in [0.2, 0.25) is 0 Å². The van der Waals surface area contributed by atoms with Crippen LogP contribution in [0.3, 0.4) is 0 Å². The van der Waals surface area contributed by atoms with E-state index >= 15 is 0 Å². The maximum Gasteiger partial charge on any atom is 0.251 e. The Hall–Kier alpha value is -2.66. The molecule has 0 atom stereocenters. The minimum Gasteiger partial charge on any atom is -0.383 e. The van der Waals surface area contributed by atoms with Gasteiger partial charge in [0.05, 0.1) is 12.3 Å². The van der Waals surface area contributed by atoms with E-state index < -0.39 is 0 Å². The van der Waals surface area contributed by atoms with Gasteiger partial charge in [-0.15, -0.1) is 0 Å². The lowest BCUT2D eigenvalue weighted by Crippen LogP contribution is -2.26. The number of amides is 1. The summed E-state index contributed by atoms with van der Waals surface area (Å²) in [6.07, 6.45) is 3.67. The Balaban J connectivity index is 1.82. The molecule has 2 N–H and O–H groups in total. The van der Waals surface area contributed by atoms with Crippen molar-refractivity contribution in [3.63, 3.8) is 0 Å². The molecule has 3 aromatic rings. The maximum atomic E-state index is 12.0. The van der Waals surface area contributed by atoms with Crippen molar-refractivity contribution in [2.45, 2.75) is 0 Å². The summed E-state index contributed by atoms with van der Waals surface area (Å²) >= 11 is 0. The summed E-state index contributed by atoms with van der Waals surface area (Å²) in [5.41, 5.74) is 3.57. The number of carbonyl (C=O) groups excluding carboxylic acids is 1. The Morgan fingerprint density at radius 1 is 1.23 bits per heavy atom. The monoisotopic (exact) mass is 295 g/mol. The summed E-state index contributed by atoms with van der Waals surface area (Å²) in [6.45, 7) is 1.00. The van der Waals surface area contributed by atoms with Crippen molar-refractivity contribution in [1.82, 2.24) is 15.3 Å². The lowest BCUT2D eigenvalue weighted by molar-refractivity contribution is 0.0937. The number of pyridine rings is 1. The van der Waals surface area contributed by atoms with Crippen molar-refractivity contribution in [3.8, 4) is 11.3 Å². The summed E-state index contributed by atoms with van der Waals surface area (Å²) in [5, 5.41) is 3.87. The number of benzene rings is 1. The van der Waals surface area contributed by atoms with E-state index in [4.69, 9.17) is 4.74 Å². The average molecular weight is 295 g/mol. The number of methoxy groups -OCH3 is 1. The molecule has 2 aromatic heterocycles. The van der Waals surface area contributed by atoms with E-state index in [-0.39, 0.29) is 5.91 Å². The zero-order valence-corrected chi connectivity index (χ0v) is 12.3. The highest BCUT2D eigenvalue weighted by Crippen LogP contribution is 2.25. The Labute approximate surface area is 128 Å². The molecule has 0 saturated heterocycles. The van der Waals surface area contributed by atoms with Crippen molar-refractivity contribution >= 4 is 16.8 Å². The smallest absolute Gasteiger partial charge is 0.251 e. The van der Waals surface area contributed by atoms with Gasteiger partial charge in [-0.1, -0.05) is 12.1 Å². The number of rotatable bonds is 5. The summed E-state index contributed by atoms with van der Waals surface area (Å²) < 4.78 is 4.91. The molecule has 1 aromatic carbocycles. The molecule has 5 heteroatoms. The number of fused-ring (bicyclic) bond motifs is 1. The number of aromatic nitrogens is 2. The van der Waals surface area contributed by atoms with Gasteiger partial charge in [-0.2, -0.15) is 0 Å². The van der Waals surface area contributed by atoms with Gasteiger partial charge >= 0.3 is 0 Å². The van der Waals surface area contributed by atoms with Gasteiger partial charge in [0.1, 0.15) is 0 Å². The summed E-state index contributed by atoms with van der Waals surface area (Å²) in [6, 6.07) is 11.4. The van der Waals surface area contributed by atoms with Crippen LogP contribution in [0.25, 0.3) is 22.2 Å².